The number of nitrogens with zero attached hydrogens (tertiary/aromatic N) is 5. The molecular formula is C25H27N7O2S. The number of amides is 1. The summed E-state index contributed by atoms with van der Waals surface area (Å²) >= 11 is 1.51. The summed E-state index contributed by atoms with van der Waals surface area (Å²) in [6, 6.07) is 5.40. The second-order valence-electron chi connectivity index (χ2n) is 9.84. The van der Waals surface area contributed by atoms with E-state index in [1.807, 2.05) is 25.5 Å². The molecule has 0 saturated carbocycles. The predicted octanol–water partition coefficient (Wildman–Crippen LogP) is 3.40. The van der Waals surface area contributed by atoms with Gasteiger partial charge in [-0.15, -0.1) is 11.3 Å². The molecule has 5 heterocycles. The van der Waals surface area contributed by atoms with E-state index in [0.29, 0.717) is 28.5 Å². The monoisotopic (exact) mass is 489 g/mol. The number of hydrogen-bond acceptors (Lipinski definition) is 6. The van der Waals surface area contributed by atoms with E-state index in [0.717, 1.165) is 33.7 Å². The number of aromatic amines is 1. The van der Waals surface area contributed by atoms with Crippen LogP contribution >= 0.6 is 11.3 Å². The van der Waals surface area contributed by atoms with Crippen molar-refractivity contribution in [3.8, 4) is 10.4 Å². The molecule has 4 aromatic heterocycles. The maximum atomic E-state index is 13.1. The Hall–Kier alpha value is -3.50. The highest BCUT2D eigenvalue weighted by Gasteiger charge is 2.31. The number of aryl methyl sites for hydroxylation is 1. The number of hydrogen-bond donors (Lipinski definition) is 2. The van der Waals surface area contributed by atoms with Crippen LogP contribution < -0.4 is 10.9 Å². The molecule has 0 atom stereocenters. The minimum absolute atomic E-state index is 0.142. The van der Waals surface area contributed by atoms with E-state index in [2.05, 4.69) is 34.1 Å². The van der Waals surface area contributed by atoms with Crippen LogP contribution in [0.1, 0.15) is 37.0 Å². The summed E-state index contributed by atoms with van der Waals surface area (Å²) in [7, 11) is 1.87. The Kier molecular flexibility index (Phi) is 5.05. The van der Waals surface area contributed by atoms with Crippen LogP contribution in [0.5, 0.6) is 0 Å². The van der Waals surface area contributed by atoms with E-state index in [9.17, 15) is 9.59 Å². The van der Waals surface area contributed by atoms with E-state index < -0.39 is 0 Å². The molecule has 1 aromatic carbocycles. The highest BCUT2D eigenvalue weighted by molar-refractivity contribution is 7.21. The normalized spacial score (nSPS) is 16.1. The maximum Gasteiger partial charge on any atom is 0.261 e. The van der Waals surface area contributed by atoms with Crippen LogP contribution in [-0.4, -0.2) is 60.4 Å². The van der Waals surface area contributed by atoms with Gasteiger partial charge in [-0.25, -0.2) is 4.52 Å². The van der Waals surface area contributed by atoms with Crippen molar-refractivity contribution in [1.82, 2.24) is 34.6 Å². The van der Waals surface area contributed by atoms with Gasteiger partial charge in [-0.05, 0) is 51.4 Å². The van der Waals surface area contributed by atoms with Crippen LogP contribution in [0.15, 0.2) is 41.6 Å². The third-order valence-corrected chi connectivity index (χ3v) is 8.20. The SMILES string of the molecule is Cn1cc(-c2cn3nc4c5ccc(C(=O)NCCN6CCCC6(C)C)cc5[nH]c(=O)c4c3s2)cn1. The first-order chi connectivity index (χ1) is 16.8. The van der Waals surface area contributed by atoms with Crippen molar-refractivity contribution in [2.45, 2.75) is 32.2 Å². The van der Waals surface area contributed by atoms with Gasteiger partial charge in [-0.3, -0.25) is 19.2 Å². The van der Waals surface area contributed by atoms with E-state index in [-0.39, 0.29) is 17.0 Å². The van der Waals surface area contributed by atoms with Gasteiger partial charge < -0.3 is 10.3 Å². The predicted molar refractivity (Wildman–Crippen MR) is 138 cm³/mol. The van der Waals surface area contributed by atoms with Crippen LogP contribution in [0.4, 0.5) is 0 Å². The molecule has 1 saturated heterocycles. The standard InChI is InChI=1S/C25H27N7O2S/c1-25(2)7-4-9-31(25)10-8-26-22(33)15-5-6-17-18(11-15)28-23(34)20-21(17)29-32-14-19(35-24(20)32)16-12-27-30(3)13-16/h5-6,11-14H,4,7-10H2,1-3H3,(H,26,33)(H,28,34). The number of nitrogens with one attached hydrogen (secondary N) is 2. The Bertz CT molecular complexity index is 1660. The molecule has 180 valence electrons. The summed E-state index contributed by atoms with van der Waals surface area (Å²) in [5.74, 6) is -0.142. The van der Waals surface area contributed by atoms with Gasteiger partial charge in [0, 0.05) is 54.6 Å². The lowest BCUT2D eigenvalue weighted by Crippen LogP contribution is -2.42. The first kappa shape index (κ1) is 22.0. The van der Waals surface area contributed by atoms with Crippen LogP contribution in [0.3, 0.4) is 0 Å². The molecule has 0 bridgehead atoms. The first-order valence-corrected chi connectivity index (χ1v) is 12.6. The summed E-state index contributed by atoms with van der Waals surface area (Å²) in [5, 5.41) is 13.3. The molecule has 9 nitrogen and oxygen atoms in total. The van der Waals surface area contributed by atoms with Crippen molar-refractivity contribution in [2.75, 3.05) is 19.6 Å². The number of likely N-dealkylation sites (tertiary alicyclic amines) is 1. The minimum atomic E-state index is -0.212. The summed E-state index contributed by atoms with van der Waals surface area (Å²) in [4.78, 5) is 33.0. The van der Waals surface area contributed by atoms with Gasteiger partial charge in [-0.1, -0.05) is 0 Å². The number of carbonyl (C=O) groups excluding carboxylic acids is 1. The van der Waals surface area contributed by atoms with Crippen LogP contribution in [0.25, 0.3) is 37.1 Å². The fourth-order valence-corrected chi connectivity index (χ4v) is 6.15. The molecule has 0 aliphatic carbocycles. The highest BCUT2D eigenvalue weighted by Crippen LogP contribution is 2.33. The van der Waals surface area contributed by atoms with E-state index >= 15 is 0 Å². The summed E-state index contributed by atoms with van der Waals surface area (Å²) in [6.07, 6.45) is 8.04. The third-order valence-electron chi connectivity index (χ3n) is 7.05. The molecule has 1 aliphatic rings. The molecule has 0 unspecified atom stereocenters. The lowest BCUT2D eigenvalue weighted by atomic mass is 10.0. The Morgan fingerprint density at radius 1 is 1.29 bits per heavy atom. The van der Waals surface area contributed by atoms with Gasteiger partial charge in [0.1, 0.15) is 15.7 Å². The first-order valence-electron chi connectivity index (χ1n) is 11.8. The number of benzene rings is 1. The Morgan fingerprint density at radius 3 is 2.89 bits per heavy atom. The molecule has 35 heavy (non-hydrogen) atoms. The fraction of sp³-hybridized carbons (Fsp3) is 0.360. The number of H-pyrrole nitrogens is 1. The summed E-state index contributed by atoms with van der Waals surface area (Å²) < 4.78 is 3.50. The molecule has 1 fully saturated rings. The van der Waals surface area contributed by atoms with Crippen LogP contribution in [0, 0.1) is 0 Å². The van der Waals surface area contributed by atoms with E-state index in [1.54, 1.807) is 27.5 Å². The zero-order chi connectivity index (χ0) is 24.3. The number of pyridine rings is 1. The van der Waals surface area contributed by atoms with Crippen molar-refractivity contribution in [1.29, 1.82) is 0 Å². The minimum Gasteiger partial charge on any atom is -0.351 e. The Morgan fingerprint density at radius 2 is 2.14 bits per heavy atom. The highest BCUT2D eigenvalue weighted by atomic mass is 32.1. The average Bonchev–Trinajstić information content (AvgIpc) is 3.57. The maximum absolute atomic E-state index is 13.1. The van der Waals surface area contributed by atoms with Gasteiger partial charge >= 0.3 is 0 Å². The summed E-state index contributed by atoms with van der Waals surface area (Å²) in [5.41, 5.74) is 2.72. The molecule has 0 radical (unpaired) electrons. The molecule has 1 aliphatic heterocycles. The quantitative estimate of drug-likeness (QED) is 0.394. The van der Waals surface area contributed by atoms with Crippen molar-refractivity contribution in [3.05, 3.63) is 52.7 Å². The van der Waals surface area contributed by atoms with Crippen LogP contribution in [-0.2, 0) is 7.05 Å². The number of fused-ring (bicyclic) bond motifs is 5. The molecule has 2 N–H and O–H groups in total. The van der Waals surface area contributed by atoms with Crippen LogP contribution in [0.2, 0.25) is 0 Å². The van der Waals surface area contributed by atoms with Gasteiger partial charge in [0.2, 0.25) is 0 Å². The zero-order valence-electron chi connectivity index (χ0n) is 20.0. The lowest BCUT2D eigenvalue weighted by molar-refractivity contribution is 0.0940. The molecule has 1 amide bonds. The van der Waals surface area contributed by atoms with Crippen molar-refractivity contribution in [2.24, 2.45) is 7.05 Å². The fourth-order valence-electron chi connectivity index (χ4n) is 5.09. The second-order valence-corrected chi connectivity index (χ2v) is 10.9. The largest absolute Gasteiger partial charge is 0.351 e. The molecule has 6 rings (SSSR count). The van der Waals surface area contributed by atoms with Gasteiger partial charge in [-0.2, -0.15) is 10.2 Å². The smallest absolute Gasteiger partial charge is 0.261 e. The van der Waals surface area contributed by atoms with Crippen molar-refractivity contribution >= 4 is 43.9 Å². The zero-order valence-corrected chi connectivity index (χ0v) is 20.8. The van der Waals surface area contributed by atoms with Gasteiger partial charge in [0.05, 0.1) is 16.6 Å². The molecule has 0 spiro atoms. The van der Waals surface area contributed by atoms with Gasteiger partial charge in [0.25, 0.3) is 11.5 Å². The Labute approximate surface area is 205 Å². The number of rotatable bonds is 5. The summed E-state index contributed by atoms with van der Waals surface area (Å²) in [6.45, 7) is 6.99. The molecule has 10 heteroatoms. The molecular weight excluding hydrogens is 462 g/mol. The molecule has 5 aromatic rings. The van der Waals surface area contributed by atoms with Crippen molar-refractivity contribution in [3.63, 3.8) is 0 Å². The average molecular weight is 490 g/mol. The van der Waals surface area contributed by atoms with Gasteiger partial charge in [0.15, 0.2) is 0 Å². The lowest BCUT2D eigenvalue weighted by Gasteiger charge is -2.31. The topological polar surface area (TPSA) is 100 Å². The third kappa shape index (κ3) is 3.73. The van der Waals surface area contributed by atoms with E-state index in [1.165, 1.54) is 24.2 Å². The Balaban J connectivity index is 1.28. The second kappa shape index (κ2) is 8.03. The number of aromatic nitrogens is 5. The van der Waals surface area contributed by atoms with Crippen molar-refractivity contribution < 1.29 is 4.79 Å². The number of thiazole rings is 1. The number of carbonyl (C=O) groups is 1. The van der Waals surface area contributed by atoms with E-state index in [4.69, 9.17) is 5.10 Å².